The summed E-state index contributed by atoms with van der Waals surface area (Å²) in [5.74, 6) is 0.320. The van der Waals surface area contributed by atoms with Gasteiger partial charge in [0.25, 0.3) is 0 Å². The molecule has 0 aromatic carbocycles. The van der Waals surface area contributed by atoms with Crippen LogP contribution in [-0.4, -0.2) is 11.6 Å². The molecular weight excluding hydrogens is 164 g/mol. The highest BCUT2D eigenvalue weighted by Gasteiger charge is 2.24. The molecule has 2 heteroatoms. The van der Waals surface area contributed by atoms with Crippen LogP contribution in [0.5, 0.6) is 0 Å². The molecule has 2 atom stereocenters. The second-order valence-corrected chi connectivity index (χ2v) is 4.71. The maximum Gasteiger partial charge on any atom is 0.309 e. The third kappa shape index (κ3) is 4.91. The van der Waals surface area contributed by atoms with Crippen molar-refractivity contribution in [2.75, 3.05) is 0 Å². The van der Waals surface area contributed by atoms with Crippen molar-refractivity contribution in [3.8, 4) is 0 Å². The summed E-state index contributed by atoms with van der Waals surface area (Å²) in [5.41, 5.74) is -0.362. The largest absolute Gasteiger partial charge is 0.460 e. The van der Waals surface area contributed by atoms with Crippen LogP contribution in [0.1, 0.15) is 48.0 Å². The molecule has 0 amide bonds. The van der Waals surface area contributed by atoms with Gasteiger partial charge in [0.2, 0.25) is 0 Å². The second kappa shape index (κ2) is 4.64. The summed E-state index contributed by atoms with van der Waals surface area (Å²) in [7, 11) is 0. The monoisotopic (exact) mass is 186 g/mol. The Morgan fingerprint density at radius 1 is 1.31 bits per heavy atom. The minimum absolute atomic E-state index is 0.00391. The first kappa shape index (κ1) is 12.5. The number of ether oxygens (including phenoxy) is 1. The van der Waals surface area contributed by atoms with Crippen molar-refractivity contribution < 1.29 is 9.53 Å². The van der Waals surface area contributed by atoms with Gasteiger partial charge in [-0.1, -0.05) is 27.2 Å². The molecule has 78 valence electrons. The fraction of sp³-hybridized carbons (Fsp3) is 0.909. The molecule has 0 saturated heterocycles. The van der Waals surface area contributed by atoms with Crippen LogP contribution < -0.4 is 0 Å². The van der Waals surface area contributed by atoms with Crippen LogP contribution in [0.25, 0.3) is 0 Å². The molecule has 0 spiro atoms. The van der Waals surface area contributed by atoms with Crippen LogP contribution in [0, 0.1) is 11.8 Å². The average molecular weight is 186 g/mol. The van der Waals surface area contributed by atoms with E-state index in [2.05, 4.69) is 13.8 Å². The molecule has 0 aromatic heterocycles. The van der Waals surface area contributed by atoms with E-state index in [0.29, 0.717) is 5.92 Å². The van der Waals surface area contributed by atoms with E-state index in [1.54, 1.807) is 0 Å². The molecule has 0 saturated carbocycles. The highest BCUT2D eigenvalue weighted by atomic mass is 16.6. The summed E-state index contributed by atoms with van der Waals surface area (Å²) in [6.07, 6.45) is 1.01. The van der Waals surface area contributed by atoms with Crippen molar-refractivity contribution in [1.82, 2.24) is 0 Å². The molecule has 0 fully saturated rings. The Morgan fingerprint density at radius 2 is 1.77 bits per heavy atom. The molecule has 0 radical (unpaired) electrons. The van der Waals surface area contributed by atoms with E-state index in [9.17, 15) is 4.79 Å². The molecule has 2 nitrogen and oxygen atoms in total. The van der Waals surface area contributed by atoms with E-state index in [1.165, 1.54) is 0 Å². The van der Waals surface area contributed by atoms with Crippen molar-refractivity contribution in [3.05, 3.63) is 0 Å². The van der Waals surface area contributed by atoms with Gasteiger partial charge in [0.15, 0.2) is 0 Å². The molecule has 0 rings (SSSR count). The van der Waals surface area contributed by atoms with Crippen LogP contribution in [0.4, 0.5) is 0 Å². The van der Waals surface area contributed by atoms with Crippen LogP contribution in [0.2, 0.25) is 0 Å². The van der Waals surface area contributed by atoms with Gasteiger partial charge in [-0.3, -0.25) is 4.79 Å². The number of carbonyl (C=O) groups is 1. The minimum Gasteiger partial charge on any atom is -0.460 e. The van der Waals surface area contributed by atoms with Gasteiger partial charge in [-0.15, -0.1) is 0 Å². The van der Waals surface area contributed by atoms with E-state index >= 15 is 0 Å². The molecule has 0 aromatic rings. The van der Waals surface area contributed by atoms with E-state index in [1.807, 2.05) is 27.7 Å². The molecule has 2 unspecified atom stereocenters. The second-order valence-electron chi connectivity index (χ2n) is 4.71. The smallest absolute Gasteiger partial charge is 0.309 e. The lowest BCUT2D eigenvalue weighted by atomic mass is 9.93. The quantitative estimate of drug-likeness (QED) is 0.633. The molecule has 0 aliphatic heterocycles. The van der Waals surface area contributed by atoms with E-state index in [4.69, 9.17) is 4.74 Å². The van der Waals surface area contributed by atoms with Crippen molar-refractivity contribution in [1.29, 1.82) is 0 Å². The predicted molar refractivity (Wildman–Crippen MR) is 54.5 cm³/mol. The van der Waals surface area contributed by atoms with E-state index in [-0.39, 0.29) is 17.5 Å². The maximum atomic E-state index is 11.5. The van der Waals surface area contributed by atoms with Crippen LogP contribution in [0.15, 0.2) is 0 Å². The molecule has 0 N–H and O–H groups in total. The first-order valence-corrected chi connectivity index (χ1v) is 5.00. The summed E-state index contributed by atoms with van der Waals surface area (Å²) in [5, 5.41) is 0. The van der Waals surface area contributed by atoms with Crippen molar-refractivity contribution in [2.45, 2.75) is 53.6 Å². The Kier molecular flexibility index (Phi) is 4.45. The minimum atomic E-state index is -0.362. The zero-order valence-electron chi connectivity index (χ0n) is 9.68. The van der Waals surface area contributed by atoms with Gasteiger partial charge in [-0.2, -0.15) is 0 Å². The lowest BCUT2D eigenvalue weighted by molar-refractivity contribution is -0.161. The van der Waals surface area contributed by atoms with Gasteiger partial charge in [0, 0.05) is 0 Å². The molecule has 0 aliphatic carbocycles. The molecule has 13 heavy (non-hydrogen) atoms. The van der Waals surface area contributed by atoms with Crippen molar-refractivity contribution in [2.24, 2.45) is 11.8 Å². The Labute approximate surface area is 81.7 Å². The number of carbonyl (C=O) groups excluding carboxylic acids is 1. The Bertz CT molecular complexity index is 167. The number of hydrogen-bond donors (Lipinski definition) is 0. The molecule has 0 aliphatic rings. The summed E-state index contributed by atoms with van der Waals surface area (Å²) in [6.45, 7) is 11.8. The fourth-order valence-corrected chi connectivity index (χ4v) is 0.981. The lowest BCUT2D eigenvalue weighted by Crippen LogP contribution is -2.30. The predicted octanol–water partition coefficient (Wildman–Crippen LogP) is 3.01. The highest BCUT2D eigenvalue weighted by molar-refractivity contribution is 5.72. The maximum absolute atomic E-state index is 11.5. The van der Waals surface area contributed by atoms with Gasteiger partial charge in [0.05, 0.1) is 5.92 Å². The Hall–Kier alpha value is -0.530. The highest BCUT2D eigenvalue weighted by Crippen LogP contribution is 2.19. The first-order valence-electron chi connectivity index (χ1n) is 5.00. The van der Waals surface area contributed by atoms with Gasteiger partial charge >= 0.3 is 5.97 Å². The van der Waals surface area contributed by atoms with Crippen LogP contribution in [0.3, 0.4) is 0 Å². The fourth-order valence-electron chi connectivity index (χ4n) is 0.981. The third-order valence-electron chi connectivity index (χ3n) is 2.28. The molecule has 0 heterocycles. The standard InChI is InChI=1S/C11H22O2/c1-7-8(2)9(3)10(12)13-11(4,5)6/h8-9H,7H2,1-6H3. The van der Waals surface area contributed by atoms with Crippen LogP contribution in [-0.2, 0) is 9.53 Å². The Balaban J connectivity index is 4.12. The molecular formula is C11H22O2. The van der Waals surface area contributed by atoms with Crippen molar-refractivity contribution in [3.63, 3.8) is 0 Å². The first-order chi connectivity index (χ1) is 5.78. The summed E-state index contributed by atoms with van der Waals surface area (Å²) >= 11 is 0. The van der Waals surface area contributed by atoms with Gasteiger partial charge in [0.1, 0.15) is 5.60 Å². The normalized spacial score (nSPS) is 16.5. The summed E-state index contributed by atoms with van der Waals surface area (Å²) in [4.78, 5) is 11.5. The summed E-state index contributed by atoms with van der Waals surface area (Å²) < 4.78 is 5.28. The topological polar surface area (TPSA) is 26.3 Å². The number of esters is 1. The third-order valence-corrected chi connectivity index (χ3v) is 2.28. The zero-order chi connectivity index (χ0) is 10.6. The SMILES string of the molecule is CCC(C)C(C)C(=O)OC(C)(C)C. The number of hydrogen-bond acceptors (Lipinski definition) is 2. The summed E-state index contributed by atoms with van der Waals surface area (Å²) in [6, 6.07) is 0. The lowest BCUT2D eigenvalue weighted by Gasteiger charge is -2.24. The molecule has 0 bridgehead atoms. The van der Waals surface area contributed by atoms with E-state index in [0.717, 1.165) is 6.42 Å². The van der Waals surface area contributed by atoms with Gasteiger partial charge in [-0.25, -0.2) is 0 Å². The van der Waals surface area contributed by atoms with E-state index < -0.39 is 0 Å². The van der Waals surface area contributed by atoms with Gasteiger partial charge in [-0.05, 0) is 26.7 Å². The van der Waals surface area contributed by atoms with Crippen molar-refractivity contribution >= 4 is 5.97 Å². The number of rotatable bonds is 3. The van der Waals surface area contributed by atoms with Gasteiger partial charge < -0.3 is 4.74 Å². The van der Waals surface area contributed by atoms with Crippen LogP contribution >= 0.6 is 0 Å². The average Bonchev–Trinajstić information content (AvgIpc) is 1.98. The Morgan fingerprint density at radius 3 is 2.08 bits per heavy atom. The zero-order valence-corrected chi connectivity index (χ0v) is 9.68.